The standard InChI is InChI=1S/C24H18N6/c1-5-15(23-21(11-1)25-13-27-23)17-7-3-9-19(29-17)20-10-4-8-18(30-20)16-6-2-12-22-24(16)28-14-26-22/h1-14,21,23H,(H,25,27)(H,26,28). The summed E-state index contributed by atoms with van der Waals surface area (Å²) in [6.07, 6.45) is 9.79. The van der Waals surface area contributed by atoms with E-state index >= 15 is 0 Å². The average molecular weight is 390 g/mol. The zero-order valence-corrected chi connectivity index (χ0v) is 16.0. The number of hydrogen-bond donors (Lipinski definition) is 2. The number of aromatic amines is 1. The van der Waals surface area contributed by atoms with E-state index in [4.69, 9.17) is 9.97 Å². The Bertz CT molecular complexity index is 1350. The summed E-state index contributed by atoms with van der Waals surface area (Å²) in [5.41, 5.74) is 7.50. The van der Waals surface area contributed by atoms with E-state index in [-0.39, 0.29) is 12.1 Å². The number of benzene rings is 1. The highest BCUT2D eigenvalue weighted by molar-refractivity contribution is 5.90. The van der Waals surface area contributed by atoms with Gasteiger partial charge in [0.2, 0.25) is 0 Å². The number of pyridine rings is 2. The lowest BCUT2D eigenvalue weighted by Gasteiger charge is -2.21. The zero-order chi connectivity index (χ0) is 19.9. The predicted octanol–water partition coefficient (Wildman–Crippen LogP) is 4.01. The number of aliphatic imine (C=N–C) groups is 1. The van der Waals surface area contributed by atoms with Gasteiger partial charge in [0, 0.05) is 11.1 Å². The molecule has 6 nitrogen and oxygen atoms in total. The van der Waals surface area contributed by atoms with Crippen LogP contribution in [0.2, 0.25) is 0 Å². The maximum atomic E-state index is 4.93. The summed E-state index contributed by atoms with van der Waals surface area (Å²) in [4.78, 5) is 22.0. The third-order valence-electron chi connectivity index (χ3n) is 5.54. The number of fused-ring (bicyclic) bond motifs is 2. The zero-order valence-electron chi connectivity index (χ0n) is 16.0. The van der Waals surface area contributed by atoms with Gasteiger partial charge in [-0.1, -0.05) is 42.5 Å². The summed E-state index contributed by atoms with van der Waals surface area (Å²) in [7, 11) is 0. The van der Waals surface area contributed by atoms with Crippen LogP contribution in [0.15, 0.2) is 84.1 Å². The molecule has 2 atom stereocenters. The molecule has 3 aromatic heterocycles. The lowest BCUT2D eigenvalue weighted by atomic mass is 9.93. The molecule has 2 unspecified atom stereocenters. The van der Waals surface area contributed by atoms with Gasteiger partial charge in [-0.2, -0.15) is 0 Å². The van der Waals surface area contributed by atoms with Crippen LogP contribution in [0.5, 0.6) is 0 Å². The molecule has 6 heteroatoms. The van der Waals surface area contributed by atoms with Crippen molar-refractivity contribution in [3.05, 3.63) is 84.8 Å². The van der Waals surface area contributed by atoms with E-state index in [0.29, 0.717) is 0 Å². The van der Waals surface area contributed by atoms with Gasteiger partial charge in [0.15, 0.2) is 0 Å². The molecule has 6 rings (SSSR count). The molecule has 2 N–H and O–H groups in total. The van der Waals surface area contributed by atoms with Crippen molar-refractivity contribution >= 4 is 22.9 Å². The van der Waals surface area contributed by atoms with Gasteiger partial charge in [0.1, 0.15) is 6.04 Å². The molecule has 0 fully saturated rings. The molecule has 0 amide bonds. The first-order chi connectivity index (χ1) is 14.9. The number of imidazole rings is 1. The Morgan fingerprint density at radius 3 is 2.47 bits per heavy atom. The third-order valence-corrected chi connectivity index (χ3v) is 5.54. The first-order valence-corrected chi connectivity index (χ1v) is 9.90. The van der Waals surface area contributed by atoms with E-state index in [1.54, 1.807) is 12.7 Å². The van der Waals surface area contributed by atoms with Crippen molar-refractivity contribution in [2.75, 3.05) is 0 Å². The molecule has 1 aliphatic heterocycles. The molecule has 0 saturated heterocycles. The van der Waals surface area contributed by atoms with Crippen LogP contribution < -0.4 is 5.32 Å². The van der Waals surface area contributed by atoms with Gasteiger partial charge in [-0.05, 0) is 30.3 Å². The molecule has 0 saturated carbocycles. The Balaban J connectivity index is 1.41. The van der Waals surface area contributed by atoms with Gasteiger partial charge in [0.25, 0.3) is 0 Å². The molecule has 4 heterocycles. The van der Waals surface area contributed by atoms with E-state index in [1.165, 1.54) is 0 Å². The molecule has 0 spiro atoms. The minimum atomic E-state index is 0.0642. The van der Waals surface area contributed by atoms with Crippen molar-refractivity contribution in [1.82, 2.24) is 25.3 Å². The Labute approximate surface area is 173 Å². The number of allylic oxidation sites excluding steroid dienone is 2. The van der Waals surface area contributed by atoms with Gasteiger partial charge in [-0.25, -0.2) is 15.0 Å². The summed E-state index contributed by atoms with van der Waals surface area (Å²) < 4.78 is 0. The molecule has 0 radical (unpaired) electrons. The first kappa shape index (κ1) is 16.9. The van der Waals surface area contributed by atoms with Gasteiger partial charge >= 0.3 is 0 Å². The molecule has 144 valence electrons. The second kappa shape index (κ2) is 6.77. The number of hydrogen-bond acceptors (Lipinski definition) is 5. The fourth-order valence-corrected chi connectivity index (χ4v) is 4.08. The van der Waals surface area contributed by atoms with Crippen LogP contribution in [0, 0.1) is 0 Å². The van der Waals surface area contributed by atoms with Gasteiger partial charge < -0.3 is 10.3 Å². The normalized spacial score (nSPS) is 19.5. The lowest BCUT2D eigenvalue weighted by molar-refractivity contribution is 0.707. The summed E-state index contributed by atoms with van der Waals surface area (Å²) in [5, 5.41) is 3.27. The average Bonchev–Trinajstić information content (AvgIpc) is 3.48. The van der Waals surface area contributed by atoms with Crippen molar-refractivity contribution < 1.29 is 0 Å². The van der Waals surface area contributed by atoms with E-state index in [0.717, 1.165) is 44.9 Å². The molecule has 4 aromatic rings. The van der Waals surface area contributed by atoms with E-state index in [1.807, 2.05) is 54.6 Å². The van der Waals surface area contributed by atoms with Crippen molar-refractivity contribution in [3.63, 3.8) is 0 Å². The van der Waals surface area contributed by atoms with Crippen LogP contribution in [0.25, 0.3) is 39.3 Å². The third kappa shape index (κ3) is 2.73. The van der Waals surface area contributed by atoms with Crippen molar-refractivity contribution in [2.24, 2.45) is 4.99 Å². The van der Waals surface area contributed by atoms with Crippen LogP contribution in [-0.2, 0) is 0 Å². The number of nitrogens with one attached hydrogen (secondary N) is 2. The molecular weight excluding hydrogens is 372 g/mol. The molecule has 2 aliphatic rings. The Hall–Kier alpha value is -4.06. The minimum absolute atomic E-state index is 0.0642. The number of para-hydroxylation sites is 1. The fourth-order valence-electron chi connectivity index (χ4n) is 4.08. The molecular formula is C24H18N6. The fraction of sp³-hybridized carbons (Fsp3) is 0.0833. The highest BCUT2D eigenvalue weighted by Crippen LogP contribution is 2.30. The lowest BCUT2D eigenvalue weighted by Crippen LogP contribution is -2.32. The molecule has 0 bridgehead atoms. The number of nitrogens with zero attached hydrogens (tertiary/aromatic N) is 4. The topological polar surface area (TPSA) is 78.9 Å². The van der Waals surface area contributed by atoms with Gasteiger partial charge in [0.05, 0.1) is 52.5 Å². The molecule has 1 aliphatic carbocycles. The SMILES string of the molecule is C1=CC2NC=NC2C(c2cccc(-c3cccc(-c4cccc5[nH]cnc45)n3)n2)=C1. The second-order valence-corrected chi connectivity index (χ2v) is 7.34. The second-order valence-electron chi connectivity index (χ2n) is 7.34. The van der Waals surface area contributed by atoms with E-state index in [9.17, 15) is 0 Å². The van der Waals surface area contributed by atoms with Crippen LogP contribution in [0.3, 0.4) is 0 Å². The Morgan fingerprint density at radius 1 is 0.800 bits per heavy atom. The number of H-pyrrole nitrogens is 1. The summed E-state index contributed by atoms with van der Waals surface area (Å²) in [6.45, 7) is 0. The summed E-state index contributed by atoms with van der Waals surface area (Å²) in [5.74, 6) is 0. The largest absolute Gasteiger partial charge is 0.368 e. The first-order valence-electron chi connectivity index (χ1n) is 9.90. The maximum absolute atomic E-state index is 4.93. The summed E-state index contributed by atoms with van der Waals surface area (Å²) >= 11 is 0. The maximum Gasteiger partial charge on any atom is 0.102 e. The molecule has 30 heavy (non-hydrogen) atoms. The van der Waals surface area contributed by atoms with Crippen LogP contribution in [0.4, 0.5) is 0 Å². The Morgan fingerprint density at radius 2 is 1.57 bits per heavy atom. The van der Waals surface area contributed by atoms with Crippen LogP contribution >= 0.6 is 0 Å². The van der Waals surface area contributed by atoms with Gasteiger partial charge in [-0.15, -0.1) is 0 Å². The highest BCUT2D eigenvalue weighted by atomic mass is 15.1. The van der Waals surface area contributed by atoms with Gasteiger partial charge in [-0.3, -0.25) is 4.99 Å². The highest BCUT2D eigenvalue weighted by Gasteiger charge is 2.28. The monoisotopic (exact) mass is 390 g/mol. The smallest absolute Gasteiger partial charge is 0.102 e. The van der Waals surface area contributed by atoms with Crippen LogP contribution in [-0.4, -0.2) is 38.4 Å². The minimum Gasteiger partial charge on any atom is -0.368 e. The predicted molar refractivity (Wildman–Crippen MR) is 119 cm³/mol. The molecule has 1 aromatic carbocycles. The Kier molecular flexibility index (Phi) is 3.81. The number of rotatable bonds is 3. The van der Waals surface area contributed by atoms with E-state index in [2.05, 4.69) is 38.5 Å². The quantitative estimate of drug-likeness (QED) is 0.554. The summed E-state index contributed by atoms with van der Waals surface area (Å²) in [6, 6.07) is 18.4. The van der Waals surface area contributed by atoms with Crippen molar-refractivity contribution in [1.29, 1.82) is 0 Å². The number of aromatic nitrogens is 4. The van der Waals surface area contributed by atoms with Crippen molar-refractivity contribution in [3.8, 4) is 22.6 Å². The van der Waals surface area contributed by atoms with E-state index < -0.39 is 0 Å². The van der Waals surface area contributed by atoms with Crippen molar-refractivity contribution in [2.45, 2.75) is 12.1 Å². The van der Waals surface area contributed by atoms with Crippen LogP contribution in [0.1, 0.15) is 5.69 Å².